The Bertz CT molecular complexity index is 525. The van der Waals surface area contributed by atoms with Crippen molar-refractivity contribution < 1.29 is 9.53 Å². The first-order valence-electron chi connectivity index (χ1n) is 5.70. The third-order valence-corrected chi connectivity index (χ3v) is 3.10. The molecule has 1 aromatic rings. The van der Waals surface area contributed by atoms with Gasteiger partial charge < -0.3 is 4.74 Å². The van der Waals surface area contributed by atoms with E-state index in [0.29, 0.717) is 13.0 Å². The van der Waals surface area contributed by atoms with Crippen LogP contribution in [0.5, 0.6) is 5.75 Å². The molecule has 0 aliphatic carbocycles. The highest BCUT2D eigenvalue weighted by Gasteiger charge is 2.03. The summed E-state index contributed by atoms with van der Waals surface area (Å²) >= 11 is 3.38. The van der Waals surface area contributed by atoms with Crippen molar-refractivity contribution in [2.75, 3.05) is 11.9 Å². The third kappa shape index (κ3) is 3.40. The van der Waals surface area contributed by atoms with Crippen LogP contribution in [0.1, 0.15) is 19.3 Å². The van der Waals surface area contributed by atoms with Gasteiger partial charge in [0.15, 0.2) is 0 Å². The molecule has 0 saturated heterocycles. The summed E-state index contributed by atoms with van der Waals surface area (Å²) in [6.45, 7) is 0.696. The molecular formula is C13H14BrNO2. The van der Waals surface area contributed by atoms with Crippen molar-refractivity contribution in [3.8, 4) is 5.75 Å². The number of ether oxygens (including phenoxy) is 1. The minimum absolute atomic E-state index is 0.0889. The molecule has 0 saturated carbocycles. The lowest BCUT2D eigenvalue weighted by Gasteiger charge is -2.06. The Morgan fingerprint density at radius 2 is 2.24 bits per heavy atom. The van der Waals surface area contributed by atoms with Gasteiger partial charge in [0.2, 0.25) is 5.91 Å². The van der Waals surface area contributed by atoms with E-state index < -0.39 is 0 Å². The third-order valence-electron chi connectivity index (χ3n) is 2.54. The fourth-order valence-corrected chi connectivity index (χ4v) is 2.04. The molecule has 0 atom stereocenters. The number of alkyl halides is 1. The monoisotopic (exact) mass is 295 g/mol. The number of nitrogens with zero attached hydrogens (tertiary/aromatic N) is 1. The first-order valence-corrected chi connectivity index (χ1v) is 6.82. The van der Waals surface area contributed by atoms with E-state index in [-0.39, 0.29) is 5.91 Å². The molecule has 17 heavy (non-hydrogen) atoms. The van der Waals surface area contributed by atoms with E-state index in [4.69, 9.17) is 4.74 Å². The number of benzene rings is 1. The number of fused-ring (bicyclic) bond motifs is 1. The molecular weight excluding hydrogens is 282 g/mol. The summed E-state index contributed by atoms with van der Waals surface area (Å²) in [6, 6.07) is 5.71. The van der Waals surface area contributed by atoms with Crippen molar-refractivity contribution in [2.45, 2.75) is 19.3 Å². The van der Waals surface area contributed by atoms with Crippen molar-refractivity contribution in [2.24, 2.45) is 4.99 Å². The van der Waals surface area contributed by atoms with E-state index >= 15 is 0 Å². The molecule has 1 aliphatic rings. The molecule has 0 unspecified atom stereocenters. The van der Waals surface area contributed by atoms with Gasteiger partial charge in [0, 0.05) is 17.8 Å². The predicted octanol–water partition coefficient (Wildman–Crippen LogP) is 1.57. The van der Waals surface area contributed by atoms with Crippen molar-refractivity contribution in [1.29, 1.82) is 0 Å². The molecule has 3 nitrogen and oxygen atoms in total. The largest absolute Gasteiger partial charge is 0.494 e. The summed E-state index contributed by atoms with van der Waals surface area (Å²) in [5, 5.41) is 2.73. The van der Waals surface area contributed by atoms with Gasteiger partial charge in [-0.25, -0.2) is 4.99 Å². The van der Waals surface area contributed by atoms with Crippen LogP contribution in [0.2, 0.25) is 0 Å². The fourth-order valence-electron chi connectivity index (χ4n) is 1.65. The molecule has 0 bridgehead atoms. The SMILES string of the molecule is O=C1CC=c2ccc(OCCCCBr)cc2=N1. The minimum atomic E-state index is -0.0889. The van der Waals surface area contributed by atoms with E-state index in [1.165, 1.54) is 0 Å². The second kappa shape index (κ2) is 5.96. The summed E-state index contributed by atoms with van der Waals surface area (Å²) in [5.74, 6) is 0.694. The van der Waals surface area contributed by atoms with Gasteiger partial charge in [-0.2, -0.15) is 0 Å². The number of amides is 1. The van der Waals surface area contributed by atoms with Gasteiger partial charge in [-0.05, 0) is 30.2 Å². The predicted molar refractivity (Wildman–Crippen MR) is 69.8 cm³/mol. The van der Waals surface area contributed by atoms with Crippen molar-refractivity contribution >= 4 is 27.9 Å². The highest BCUT2D eigenvalue weighted by atomic mass is 79.9. The Labute approximate surface area is 108 Å². The second-order valence-electron chi connectivity index (χ2n) is 3.88. The van der Waals surface area contributed by atoms with Gasteiger partial charge in [-0.3, -0.25) is 4.79 Å². The molecule has 4 heteroatoms. The number of carbonyl (C=O) groups is 1. The van der Waals surface area contributed by atoms with Crippen LogP contribution < -0.4 is 15.3 Å². The fraction of sp³-hybridized carbons (Fsp3) is 0.385. The standard InChI is InChI=1S/C13H14BrNO2/c14-7-1-2-8-17-11-5-3-10-4-6-13(16)15-12(10)9-11/h3-5,9H,1-2,6-8H2. The molecule has 2 rings (SSSR count). The van der Waals surface area contributed by atoms with Gasteiger partial charge in [-0.15, -0.1) is 0 Å². The van der Waals surface area contributed by atoms with E-state index in [1.807, 2.05) is 24.3 Å². The Balaban J connectivity index is 2.09. The van der Waals surface area contributed by atoms with Crippen LogP contribution in [0.25, 0.3) is 6.08 Å². The number of rotatable bonds is 5. The van der Waals surface area contributed by atoms with Crippen LogP contribution in [-0.4, -0.2) is 17.8 Å². The molecule has 0 fully saturated rings. The molecule has 90 valence electrons. The zero-order valence-corrected chi connectivity index (χ0v) is 11.1. The van der Waals surface area contributed by atoms with Gasteiger partial charge in [-0.1, -0.05) is 22.0 Å². The van der Waals surface area contributed by atoms with Crippen molar-refractivity contribution in [1.82, 2.24) is 0 Å². The maximum atomic E-state index is 11.2. The Kier molecular flexibility index (Phi) is 4.31. The first-order chi connectivity index (χ1) is 8.29. The Hall–Kier alpha value is -1.16. The molecule has 0 N–H and O–H groups in total. The topological polar surface area (TPSA) is 38.7 Å². The van der Waals surface area contributed by atoms with Gasteiger partial charge in [0.05, 0.1) is 12.0 Å². The van der Waals surface area contributed by atoms with Crippen LogP contribution in [0.15, 0.2) is 23.2 Å². The lowest BCUT2D eigenvalue weighted by atomic mass is 10.2. The number of hydrogen-bond acceptors (Lipinski definition) is 2. The lowest BCUT2D eigenvalue weighted by Crippen LogP contribution is -2.29. The maximum absolute atomic E-state index is 11.2. The lowest BCUT2D eigenvalue weighted by molar-refractivity contribution is -0.117. The summed E-state index contributed by atoms with van der Waals surface area (Å²) in [7, 11) is 0. The zero-order valence-electron chi connectivity index (χ0n) is 9.49. The average Bonchev–Trinajstić information content (AvgIpc) is 2.34. The van der Waals surface area contributed by atoms with E-state index in [1.54, 1.807) is 0 Å². The molecule has 0 spiro atoms. The highest BCUT2D eigenvalue weighted by molar-refractivity contribution is 9.09. The van der Waals surface area contributed by atoms with E-state index in [9.17, 15) is 4.79 Å². The van der Waals surface area contributed by atoms with Gasteiger partial charge in [0.25, 0.3) is 0 Å². The average molecular weight is 296 g/mol. The van der Waals surface area contributed by atoms with Crippen molar-refractivity contribution in [3.63, 3.8) is 0 Å². The number of carbonyl (C=O) groups excluding carboxylic acids is 1. The summed E-state index contributed by atoms with van der Waals surface area (Å²) in [4.78, 5) is 15.2. The Morgan fingerprint density at radius 1 is 1.35 bits per heavy atom. The Morgan fingerprint density at radius 3 is 3.06 bits per heavy atom. The van der Waals surface area contributed by atoms with Gasteiger partial charge >= 0.3 is 0 Å². The highest BCUT2D eigenvalue weighted by Crippen LogP contribution is 2.06. The smallest absolute Gasteiger partial charge is 0.250 e. The second-order valence-corrected chi connectivity index (χ2v) is 4.67. The molecule has 1 amide bonds. The van der Waals surface area contributed by atoms with Crippen LogP contribution in [-0.2, 0) is 4.79 Å². The quantitative estimate of drug-likeness (QED) is 0.611. The van der Waals surface area contributed by atoms with Crippen LogP contribution >= 0.6 is 15.9 Å². The summed E-state index contributed by atoms with van der Waals surface area (Å²) < 4.78 is 5.60. The molecule has 0 aromatic heterocycles. The number of unbranched alkanes of at least 4 members (excludes halogenated alkanes) is 1. The van der Waals surface area contributed by atoms with Crippen LogP contribution in [0, 0.1) is 0 Å². The molecule has 1 heterocycles. The molecule has 1 aromatic carbocycles. The number of halogens is 1. The minimum Gasteiger partial charge on any atom is -0.494 e. The normalized spacial score (nSPS) is 13.6. The molecule has 0 radical (unpaired) electrons. The van der Waals surface area contributed by atoms with Crippen LogP contribution in [0.3, 0.4) is 0 Å². The first kappa shape index (κ1) is 12.3. The van der Waals surface area contributed by atoms with E-state index in [2.05, 4.69) is 20.9 Å². The van der Waals surface area contributed by atoms with Crippen molar-refractivity contribution in [3.05, 3.63) is 28.8 Å². The maximum Gasteiger partial charge on any atom is 0.250 e. The van der Waals surface area contributed by atoms with Gasteiger partial charge in [0.1, 0.15) is 5.75 Å². The summed E-state index contributed by atoms with van der Waals surface area (Å²) in [6.07, 6.45) is 4.42. The van der Waals surface area contributed by atoms with Crippen LogP contribution in [0.4, 0.5) is 0 Å². The molecule has 1 aliphatic heterocycles. The number of hydrogen-bond donors (Lipinski definition) is 0. The van der Waals surface area contributed by atoms with E-state index in [0.717, 1.165) is 34.5 Å². The zero-order chi connectivity index (χ0) is 12.1. The summed E-state index contributed by atoms with van der Waals surface area (Å²) in [5.41, 5.74) is 0.